The molecule has 3 amide bonds. The van der Waals surface area contributed by atoms with E-state index < -0.39 is 29.7 Å². The number of halogens is 1. The Morgan fingerprint density at radius 3 is 2.10 bits per heavy atom. The molecule has 0 fully saturated rings. The maximum absolute atomic E-state index is 13.1. The highest BCUT2D eigenvalue weighted by atomic mass is 35.5. The number of carbonyl (C=O) groups is 5. The zero-order valence-electron chi connectivity index (χ0n) is 21.7. The van der Waals surface area contributed by atoms with Crippen LogP contribution in [0.1, 0.15) is 44.9 Å². The molecule has 10 nitrogen and oxygen atoms in total. The molecule has 11 heteroatoms. The molecule has 40 heavy (non-hydrogen) atoms. The van der Waals surface area contributed by atoms with Crippen molar-refractivity contribution < 1.29 is 33.4 Å². The molecule has 0 bridgehead atoms. The van der Waals surface area contributed by atoms with Crippen LogP contribution < -0.4 is 15.5 Å². The monoisotopic (exact) mass is 561 g/mol. The smallest absolute Gasteiger partial charge is 0.338 e. The molecule has 1 aliphatic rings. The van der Waals surface area contributed by atoms with E-state index in [0.717, 1.165) is 4.90 Å². The minimum absolute atomic E-state index is 0.154. The van der Waals surface area contributed by atoms with Crippen LogP contribution in [0.3, 0.4) is 0 Å². The number of benzene rings is 3. The molecule has 1 aliphatic heterocycles. The summed E-state index contributed by atoms with van der Waals surface area (Å²) in [6.45, 7) is 3.49. The molecule has 0 spiro atoms. The van der Waals surface area contributed by atoms with Gasteiger partial charge in [0.2, 0.25) is 0 Å². The van der Waals surface area contributed by atoms with Gasteiger partial charge in [0.1, 0.15) is 10.7 Å². The molecule has 0 aromatic heterocycles. The van der Waals surface area contributed by atoms with E-state index in [2.05, 4.69) is 10.6 Å². The highest BCUT2D eigenvalue weighted by molar-refractivity contribution is 6.53. The topological polar surface area (TPSA) is 131 Å². The van der Waals surface area contributed by atoms with E-state index in [1.54, 1.807) is 44.2 Å². The molecule has 0 aliphatic carbocycles. The van der Waals surface area contributed by atoms with Gasteiger partial charge in [-0.25, -0.2) is 14.5 Å². The first-order chi connectivity index (χ1) is 19.1. The van der Waals surface area contributed by atoms with Gasteiger partial charge >= 0.3 is 11.9 Å². The van der Waals surface area contributed by atoms with Crippen LogP contribution in [-0.4, -0.2) is 42.9 Å². The number of amides is 3. The molecule has 1 heterocycles. The van der Waals surface area contributed by atoms with Gasteiger partial charge in [-0.3, -0.25) is 14.4 Å². The second-order valence-electron chi connectivity index (χ2n) is 8.87. The van der Waals surface area contributed by atoms with Gasteiger partial charge in [0.05, 0.1) is 30.0 Å². The summed E-state index contributed by atoms with van der Waals surface area (Å²) in [6, 6.07) is 18.3. The Bertz CT molecular complexity index is 1550. The number of methoxy groups -OCH3 is 1. The van der Waals surface area contributed by atoms with E-state index >= 15 is 0 Å². The zero-order chi connectivity index (χ0) is 29.0. The Kier molecular flexibility index (Phi) is 8.30. The lowest BCUT2D eigenvalue weighted by Crippen LogP contribution is -2.32. The third kappa shape index (κ3) is 6.02. The average molecular weight is 562 g/mol. The molecular weight excluding hydrogens is 538 g/mol. The van der Waals surface area contributed by atoms with Crippen LogP contribution in [-0.2, 0) is 19.1 Å². The van der Waals surface area contributed by atoms with Crippen molar-refractivity contribution in [3.63, 3.8) is 0 Å². The molecule has 0 saturated carbocycles. The first kappa shape index (κ1) is 28.1. The van der Waals surface area contributed by atoms with Gasteiger partial charge in [-0.1, -0.05) is 23.7 Å². The number of ether oxygens (including phenoxy) is 2. The highest BCUT2D eigenvalue weighted by Crippen LogP contribution is 2.31. The van der Waals surface area contributed by atoms with Crippen LogP contribution in [0.25, 0.3) is 0 Å². The number of anilines is 3. The summed E-state index contributed by atoms with van der Waals surface area (Å²) < 4.78 is 9.88. The Labute approximate surface area is 234 Å². The first-order valence-electron chi connectivity index (χ1n) is 12.1. The number of imide groups is 1. The van der Waals surface area contributed by atoms with E-state index in [0.29, 0.717) is 22.5 Å². The summed E-state index contributed by atoms with van der Waals surface area (Å²) in [4.78, 5) is 63.5. The predicted molar refractivity (Wildman–Crippen MR) is 148 cm³/mol. The standard InChI is InChI=1S/C29H24ClN3O7/c1-16(2)40-29(38)18-6-4-8-21(14-18)32-25(34)17-10-12-20(13-11-17)31-24-23(30)26(35)33(27(24)36)22-9-5-7-19(15-22)28(37)39-3/h4-16,31H,1-3H3,(H,32,34). The Balaban J connectivity index is 1.45. The van der Waals surface area contributed by atoms with Gasteiger partial charge in [-0.05, 0) is 74.5 Å². The van der Waals surface area contributed by atoms with Crippen molar-refractivity contribution in [1.82, 2.24) is 0 Å². The van der Waals surface area contributed by atoms with Crippen molar-refractivity contribution in [2.45, 2.75) is 20.0 Å². The zero-order valence-corrected chi connectivity index (χ0v) is 22.4. The maximum Gasteiger partial charge on any atom is 0.338 e. The quantitative estimate of drug-likeness (QED) is 0.298. The molecule has 0 atom stereocenters. The van der Waals surface area contributed by atoms with E-state index in [1.807, 2.05) is 0 Å². The van der Waals surface area contributed by atoms with E-state index in [9.17, 15) is 24.0 Å². The number of hydrogen-bond acceptors (Lipinski definition) is 8. The van der Waals surface area contributed by atoms with Gasteiger partial charge < -0.3 is 20.1 Å². The number of carbonyl (C=O) groups excluding carboxylic acids is 5. The van der Waals surface area contributed by atoms with Crippen molar-refractivity contribution in [2.75, 3.05) is 22.6 Å². The summed E-state index contributed by atoms with van der Waals surface area (Å²) in [7, 11) is 1.22. The van der Waals surface area contributed by atoms with Crippen LogP contribution >= 0.6 is 11.6 Å². The number of nitrogens with zero attached hydrogens (tertiary/aromatic N) is 1. The normalized spacial score (nSPS) is 13.0. The number of hydrogen-bond donors (Lipinski definition) is 2. The van der Waals surface area contributed by atoms with E-state index in [-0.39, 0.29) is 28.1 Å². The van der Waals surface area contributed by atoms with Crippen molar-refractivity contribution in [3.8, 4) is 0 Å². The lowest BCUT2D eigenvalue weighted by Gasteiger charge is -2.16. The summed E-state index contributed by atoms with van der Waals surface area (Å²) >= 11 is 6.20. The molecular formula is C29H24ClN3O7. The van der Waals surface area contributed by atoms with Crippen LogP contribution in [0.15, 0.2) is 83.5 Å². The van der Waals surface area contributed by atoms with Crippen LogP contribution in [0.5, 0.6) is 0 Å². The second kappa shape index (κ2) is 11.8. The molecule has 0 unspecified atom stereocenters. The van der Waals surface area contributed by atoms with Gasteiger partial charge in [0, 0.05) is 16.9 Å². The Hall–Kier alpha value is -4.96. The number of esters is 2. The second-order valence-corrected chi connectivity index (χ2v) is 9.25. The summed E-state index contributed by atoms with van der Waals surface area (Å²) in [5.41, 5.74) is 1.57. The minimum atomic E-state index is -0.758. The van der Waals surface area contributed by atoms with Crippen molar-refractivity contribution >= 4 is 58.3 Å². The lowest BCUT2D eigenvalue weighted by molar-refractivity contribution is -0.120. The third-order valence-corrected chi connectivity index (χ3v) is 6.02. The fourth-order valence-corrected chi connectivity index (χ4v) is 4.01. The van der Waals surface area contributed by atoms with Crippen molar-refractivity contribution in [2.24, 2.45) is 0 Å². The largest absolute Gasteiger partial charge is 0.465 e. The molecule has 0 saturated heterocycles. The predicted octanol–water partition coefficient (Wildman–Crippen LogP) is 4.73. The van der Waals surface area contributed by atoms with Gasteiger partial charge in [-0.2, -0.15) is 0 Å². The third-order valence-electron chi connectivity index (χ3n) is 5.67. The van der Waals surface area contributed by atoms with Crippen LogP contribution in [0.4, 0.5) is 17.1 Å². The first-order valence-corrected chi connectivity index (χ1v) is 12.4. The van der Waals surface area contributed by atoms with E-state index in [1.165, 1.54) is 49.6 Å². The lowest BCUT2D eigenvalue weighted by atomic mass is 10.1. The molecule has 2 N–H and O–H groups in total. The number of nitrogens with one attached hydrogen (secondary N) is 2. The average Bonchev–Trinajstić information content (AvgIpc) is 3.15. The van der Waals surface area contributed by atoms with Crippen molar-refractivity contribution in [3.05, 3.63) is 100 Å². The summed E-state index contributed by atoms with van der Waals surface area (Å²) in [5, 5.41) is 5.23. The number of rotatable bonds is 8. The molecule has 3 aromatic carbocycles. The maximum atomic E-state index is 13.1. The molecule has 4 rings (SSSR count). The SMILES string of the molecule is COC(=O)c1cccc(N2C(=O)C(Cl)=C(Nc3ccc(C(=O)Nc4cccc(C(=O)OC(C)C)c4)cc3)C2=O)c1. The summed E-state index contributed by atoms with van der Waals surface area (Å²) in [5.74, 6) is -3.02. The Morgan fingerprint density at radius 2 is 1.45 bits per heavy atom. The van der Waals surface area contributed by atoms with Gasteiger partial charge in [-0.15, -0.1) is 0 Å². The van der Waals surface area contributed by atoms with Gasteiger partial charge in [0.25, 0.3) is 17.7 Å². The van der Waals surface area contributed by atoms with Crippen LogP contribution in [0.2, 0.25) is 0 Å². The fraction of sp³-hybridized carbons (Fsp3) is 0.138. The molecule has 0 radical (unpaired) electrons. The molecule has 204 valence electrons. The van der Waals surface area contributed by atoms with Crippen molar-refractivity contribution in [1.29, 1.82) is 0 Å². The fourth-order valence-electron chi connectivity index (χ4n) is 3.79. The highest BCUT2D eigenvalue weighted by Gasteiger charge is 2.39. The van der Waals surface area contributed by atoms with E-state index in [4.69, 9.17) is 21.1 Å². The summed E-state index contributed by atoms with van der Waals surface area (Å²) in [6.07, 6.45) is -0.276. The Morgan fingerprint density at radius 1 is 0.800 bits per heavy atom. The van der Waals surface area contributed by atoms with Gasteiger partial charge in [0.15, 0.2) is 0 Å². The molecule has 3 aromatic rings. The van der Waals surface area contributed by atoms with Crippen LogP contribution in [0, 0.1) is 0 Å². The minimum Gasteiger partial charge on any atom is -0.465 e.